The first-order valence-corrected chi connectivity index (χ1v) is 7.49. The van der Waals surface area contributed by atoms with E-state index in [0.717, 1.165) is 19.8 Å². The molecule has 2 nitrogen and oxygen atoms in total. The standard InChI is InChI=1S/C15H13BrO2S/c16-12-5-3-6-13(10-12)19-14-7-2-1-4-11(14)8-9-15(17)18/h1-7,10H,8-9H2,(H,17,18). The molecule has 0 heterocycles. The minimum absolute atomic E-state index is 0.163. The number of carbonyl (C=O) groups is 1. The van der Waals surface area contributed by atoms with Gasteiger partial charge in [0.1, 0.15) is 0 Å². The monoisotopic (exact) mass is 336 g/mol. The molecule has 4 heteroatoms. The van der Waals surface area contributed by atoms with Crippen LogP contribution in [0, 0.1) is 0 Å². The number of carboxylic acids is 1. The number of rotatable bonds is 5. The zero-order valence-electron chi connectivity index (χ0n) is 10.2. The van der Waals surface area contributed by atoms with E-state index in [-0.39, 0.29) is 6.42 Å². The molecule has 0 bridgehead atoms. The van der Waals surface area contributed by atoms with Crippen molar-refractivity contribution in [1.29, 1.82) is 0 Å². The quantitative estimate of drug-likeness (QED) is 0.865. The smallest absolute Gasteiger partial charge is 0.303 e. The van der Waals surface area contributed by atoms with E-state index in [9.17, 15) is 4.79 Å². The highest BCUT2D eigenvalue weighted by Gasteiger charge is 2.06. The van der Waals surface area contributed by atoms with E-state index in [1.165, 1.54) is 0 Å². The van der Waals surface area contributed by atoms with Gasteiger partial charge in [0.05, 0.1) is 0 Å². The predicted molar refractivity (Wildman–Crippen MR) is 80.7 cm³/mol. The van der Waals surface area contributed by atoms with Gasteiger partial charge in [-0.3, -0.25) is 4.79 Å². The van der Waals surface area contributed by atoms with Crippen LogP contribution in [0.2, 0.25) is 0 Å². The Morgan fingerprint density at radius 2 is 1.95 bits per heavy atom. The zero-order chi connectivity index (χ0) is 13.7. The number of benzene rings is 2. The summed E-state index contributed by atoms with van der Waals surface area (Å²) in [5.41, 5.74) is 1.08. The summed E-state index contributed by atoms with van der Waals surface area (Å²) in [5, 5.41) is 8.78. The Labute approximate surface area is 125 Å². The largest absolute Gasteiger partial charge is 0.481 e. The second-order valence-corrected chi connectivity index (χ2v) is 6.09. The van der Waals surface area contributed by atoms with Gasteiger partial charge in [-0.1, -0.05) is 52.0 Å². The van der Waals surface area contributed by atoms with Crippen LogP contribution in [-0.4, -0.2) is 11.1 Å². The Balaban J connectivity index is 2.17. The number of aliphatic carboxylic acids is 1. The van der Waals surface area contributed by atoms with Crippen molar-refractivity contribution in [2.24, 2.45) is 0 Å². The Hall–Kier alpha value is -1.26. The summed E-state index contributed by atoms with van der Waals surface area (Å²) in [6, 6.07) is 16.0. The van der Waals surface area contributed by atoms with Crippen molar-refractivity contribution in [3.63, 3.8) is 0 Å². The molecule has 0 aromatic heterocycles. The van der Waals surface area contributed by atoms with Gasteiger partial charge in [-0.15, -0.1) is 0 Å². The normalized spacial score (nSPS) is 10.4. The number of carboxylic acid groups (broad SMARTS) is 1. The SMILES string of the molecule is O=C(O)CCc1ccccc1Sc1cccc(Br)c1. The van der Waals surface area contributed by atoms with Crippen LogP contribution >= 0.6 is 27.7 Å². The highest BCUT2D eigenvalue weighted by Crippen LogP contribution is 2.32. The molecule has 19 heavy (non-hydrogen) atoms. The molecule has 0 aliphatic rings. The van der Waals surface area contributed by atoms with Gasteiger partial charge in [-0.05, 0) is 36.2 Å². The fourth-order valence-electron chi connectivity index (χ4n) is 1.71. The third-order valence-electron chi connectivity index (χ3n) is 2.60. The van der Waals surface area contributed by atoms with Crippen molar-refractivity contribution < 1.29 is 9.90 Å². The first-order chi connectivity index (χ1) is 9.15. The van der Waals surface area contributed by atoms with Crippen LogP contribution in [0.1, 0.15) is 12.0 Å². The maximum Gasteiger partial charge on any atom is 0.303 e. The second kappa shape index (κ2) is 6.78. The molecule has 1 N–H and O–H groups in total. The maximum atomic E-state index is 10.7. The summed E-state index contributed by atoms with van der Waals surface area (Å²) < 4.78 is 1.04. The Kier molecular flexibility index (Phi) is 5.05. The average Bonchev–Trinajstić information content (AvgIpc) is 2.38. The molecule has 0 amide bonds. The third-order valence-corrected chi connectivity index (χ3v) is 4.21. The number of halogens is 1. The first kappa shape index (κ1) is 14.2. The van der Waals surface area contributed by atoms with E-state index in [4.69, 9.17) is 5.11 Å². The molecule has 0 radical (unpaired) electrons. The van der Waals surface area contributed by atoms with E-state index in [1.54, 1.807) is 11.8 Å². The molecule has 98 valence electrons. The number of hydrogen-bond donors (Lipinski definition) is 1. The summed E-state index contributed by atoms with van der Waals surface area (Å²) in [5.74, 6) is -0.762. The molecule has 2 rings (SSSR count). The topological polar surface area (TPSA) is 37.3 Å². The molecule has 0 spiro atoms. The van der Waals surface area contributed by atoms with E-state index in [0.29, 0.717) is 6.42 Å². The highest BCUT2D eigenvalue weighted by atomic mass is 79.9. The van der Waals surface area contributed by atoms with Crippen molar-refractivity contribution in [1.82, 2.24) is 0 Å². The van der Waals surface area contributed by atoms with Gasteiger partial charge in [0.15, 0.2) is 0 Å². The molecule has 0 unspecified atom stereocenters. The lowest BCUT2D eigenvalue weighted by atomic mass is 10.1. The van der Waals surface area contributed by atoms with Crippen molar-refractivity contribution in [2.45, 2.75) is 22.6 Å². The summed E-state index contributed by atoms with van der Waals surface area (Å²) in [6.45, 7) is 0. The van der Waals surface area contributed by atoms with Crippen LogP contribution in [0.4, 0.5) is 0 Å². The molecule has 0 aliphatic carbocycles. The molecular formula is C15H13BrO2S. The van der Waals surface area contributed by atoms with Crippen LogP contribution in [0.3, 0.4) is 0 Å². The molecule has 2 aromatic rings. The van der Waals surface area contributed by atoms with Gasteiger partial charge >= 0.3 is 5.97 Å². The van der Waals surface area contributed by atoms with Gasteiger partial charge in [0.2, 0.25) is 0 Å². The van der Waals surface area contributed by atoms with Crippen molar-refractivity contribution in [2.75, 3.05) is 0 Å². The second-order valence-electron chi connectivity index (χ2n) is 4.06. The van der Waals surface area contributed by atoms with Crippen LogP contribution in [-0.2, 0) is 11.2 Å². The molecule has 0 fully saturated rings. The van der Waals surface area contributed by atoms with Crippen LogP contribution < -0.4 is 0 Å². The van der Waals surface area contributed by atoms with Crippen molar-refractivity contribution in [3.05, 3.63) is 58.6 Å². The van der Waals surface area contributed by atoms with E-state index >= 15 is 0 Å². The Morgan fingerprint density at radius 1 is 1.16 bits per heavy atom. The Bertz CT molecular complexity index is 584. The van der Waals surface area contributed by atoms with Crippen molar-refractivity contribution >= 4 is 33.7 Å². The zero-order valence-corrected chi connectivity index (χ0v) is 12.6. The van der Waals surface area contributed by atoms with Crippen LogP contribution in [0.5, 0.6) is 0 Å². The number of aryl methyl sites for hydroxylation is 1. The molecule has 0 saturated heterocycles. The lowest BCUT2D eigenvalue weighted by molar-refractivity contribution is -0.136. The predicted octanol–water partition coefficient (Wildman–Crippen LogP) is 4.62. The van der Waals surface area contributed by atoms with E-state index in [2.05, 4.69) is 22.0 Å². The fraction of sp³-hybridized carbons (Fsp3) is 0.133. The average molecular weight is 337 g/mol. The van der Waals surface area contributed by atoms with Gasteiger partial charge < -0.3 is 5.11 Å². The van der Waals surface area contributed by atoms with Gasteiger partial charge in [0, 0.05) is 20.7 Å². The maximum absolute atomic E-state index is 10.7. The summed E-state index contributed by atoms with van der Waals surface area (Å²) in [6.07, 6.45) is 0.725. The summed E-state index contributed by atoms with van der Waals surface area (Å²) in [7, 11) is 0. The van der Waals surface area contributed by atoms with Gasteiger partial charge in [-0.2, -0.15) is 0 Å². The fourth-order valence-corrected chi connectivity index (χ4v) is 3.29. The summed E-state index contributed by atoms with van der Waals surface area (Å²) >= 11 is 5.11. The molecule has 0 saturated carbocycles. The third kappa shape index (κ3) is 4.40. The lowest BCUT2D eigenvalue weighted by Crippen LogP contribution is -1.98. The van der Waals surface area contributed by atoms with E-state index < -0.39 is 5.97 Å². The van der Waals surface area contributed by atoms with Crippen molar-refractivity contribution in [3.8, 4) is 0 Å². The molecule has 2 aromatic carbocycles. The lowest BCUT2D eigenvalue weighted by Gasteiger charge is -2.08. The first-order valence-electron chi connectivity index (χ1n) is 5.88. The van der Waals surface area contributed by atoms with E-state index in [1.807, 2.05) is 42.5 Å². The van der Waals surface area contributed by atoms with Crippen LogP contribution in [0.25, 0.3) is 0 Å². The molecule has 0 aliphatic heterocycles. The molecular weight excluding hydrogens is 324 g/mol. The minimum Gasteiger partial charge on any atom is -0.481 e. The summed E-state index contributed by atoms with van der Waals surface area (Å²) in [4.78, 5) is 12.9. The minimum atomic E-state index is -0.762. The van der Waals surface area contributed by atoms with Crippen LogP contribution in [0.15, 0.2) is 62.8 Å². The van der Waals surface area contributed by atoms with Gasteiger partial charge in [0.25, 0.3) is 0 Å². The Morgan fingerprint density at radius 3 is 2.68 bits per heavy atom. The molecule has 0 atom stereocenters. The van der Waals surface area contributed by atoms with Gasteiger partial charge in [-0.25, -0.2) is 0 Å². The highest BCUT2D eigenvalue weighted by molar-refractivity contribution is 9.10. The number of hydrogen-bond acceptors (Lipinski definition) is 2.